The van der Waals surface area contributed by atoms with Gasteiger partial charge in [-0.2, -0.15) is 0 Å². The average molecular weight is 424 g/mol. The maximum absolute atomic E-state index is 12.6. The zero-order chi connectivity index (χ0) is 19.8. The molecular formula is C22H18ClN3O2S. The zero-order valence-corrected chi connectivity index (χ0v) is 17.1. The van der Waals surface area contributed by atoms with E-state index >= 15 is 0 Å². The van der Waals surface area contributed by atoms with Gasteiger partial charge in [0.25, 0.3) is 5.56 Å². The van der Waals surface area contributed by atoms with Gasteiger partial charge in [0.05, 0.1) is 17.5 Å². The Kier molecular flexibility index (Phi) is 4.83. The minimum absolute atomic E-state index is 0.0841. The summed E-state index contributed by atoms with van der Waals surface area (Å²) in [6.07, 6.45) is 2.33. The molecule has 0 unspecified atom stereocenters. The number of furan rings is 1. The molecule has 4 aromatic rings. The number of nitrogens with zero attached hydrogens (tertiary/aromatic N) is 2. The van der Waals surface area contributed by atoms with Crippen LogP contribution in [0.5, 0.6) is 0 Å². The summed E-state index contributed by atoms with van der Waals surface area (Å²) in [7, 11) is 0. The lowest BCUT2D eigenvalue weighted by Crippen LogP contribution is -2.35. The van der Waals surface area contributed by atoms with Crippen LogP contribution in [0.1, 0.15) is 16.1 Å². The Balaban J connectivity index is 1.33. The second kappa shape index (κ2) is 7.63. The standard InChI is InChI=1S/C22H18ClN3O2S/c23-15-5-3-14(4-6-15)20-8-7-16(29-20)12-26-10-9-18-17(13-26)22(27)25-21(24-18)19-2-1-11-28-19/h1-8,11H,9-10,12-13H2,(H,24,25,27). The van der Waals surface area contributed by atoms with Gasteiger partial charge in [-0.15, -0.1) is 11.3 Å². The summed E-state index contributed by atoms with van der Waals surface area (Å²) in [5, 5.41) is 0.742. The highest BCUT2D eigenvalue weighted by molar-refractivity contribution is 7.15. The van der Waals surface area contributed by atoms with Crippen molar-refractivity contribution in [3.05, 3.63) is 86.3 Å². The van der Waals surface area contributed by atoms with Gasteiger partial charge in [0.2, 0.25) is 0 Å². The monoisotopic (exact) mass is 423 g/mol. The molecule has 7 heteroatoms. The van der Waals surface area contributed by atoms with Crippen LogP contribution in [0, 0.1) is 0 Å². The first-order valence-electron chi connectivity index (χ1n) is 9.39. The molecule has 1 aliphatic heterocycles. The van der Waals surface area contributed by atoms with Crippen LogP contribution in [-0.2, 0) is 19.5 Å². The summed E-state index contributed by atoms with van der Waals surface area (Å²) in [4.78, 5) is 24.9. The number of rotatable bonds is 4. The van der Waals surface area contributed by atoms with Gasteiger partial charge in [-0.3, -0.25) is 9.69 Å². The second-order valence-electron chi connectivity index (χ2n) is 7.05. The van der Waals surface area contributed by atoms with E-state index in [9.17, 15) is 4.79 Å². The fourth-order valence-electron chi connectivity index (χ4n) is 3.60. The number of fused-ring (bicyclic) bond motifs is 1. The number of halogens is 1. The Morgan fingerprint density at radius 2 is 2.03 bits per heavy atom. The van der Waals surface area contributed by atoms with Gasteiger partial charge < -0.3 is 9.40 Å². The van der Waals surface area contributed by atoms with E-state index in [-0.39, 0.29) is 5.56 Å². The summed E-state index contributed by atoms with van der Waals surface area (Å²) in [6, 6.07) is 15.8. The van der Waals surface area contributed by atoms with Crippen molar-refractivity contribution in [2.45, 2.75) is 19.5 Å². The lowest BCUT2D eigenvalue weighted by molar-refractivity contribution is 0.244. The van der Waals surface area contributed by atoms with E-state index in [1.165, 1.54) is 15.3 Å². The number of aromatic nitrogens is 2. The molecule has 1 N–H and O–H groups in total. The van der Waals surface area contributed by atoms with Crippen LogP contribution in [0.4, 0.5) is 0 Å². The molecule has 5 nitrogen and oxygen atoms in total. The number of hydrogen-bond donors (Lipinski definition) is 1. The van der Waals surface area contributed by atoms with Crippen LogP contribution < -0.4 is 5.56 Å². The van der Waals surface area contributed by atoms with Gasteiger partial charge in [-0.1, -0.05) is 23.7 Å². The van der Waals surface area contributed by atoms with E-state index in [0.717, 1.165) is 35.8 Å². The third-order valence-electron chi connectivity index (χ3n) is 5.07. The van der Waals surface area contributed by atoms with Crippen LogP contribution in [-0.4, -0.2) is 21.4 Å². The molecule has 0 saturated heterocycles. The minimum Gasteiger partial charge on any atom is -0.461 e. The lowest BCUT2D eigenvalue weighted by Gasteiger charge is -2.27. The molecule has 0 aliphatic carbocycles. The summed E-state index contributed by atoms with van der Waals surface area (Å²) in [6.45, 7) is 2.29. The largest absolute Gasteiger partial charge is 0.461 e. The summed E-state index contributed by atoms with van der Waals surface area (Å²) in [5.41, 5.74) is 2.70. The second-order valence-corrected chi connectivity index (χ2v) is 8.66. The van der Waals surface area contributed by atoms with E-state index < -0.39 is 0 Å². The van der Waals surface area contributed by atoms with Crippen LogP contribution in [0.3, 0.4) is 0 Å². The van der Waals surface area contributed by atoms with Crippen molar-refractivity contribution in [3.63, 3.8) is 0 Å². The fourth-order valence-corrected chi connectivity index (χ4v) is 4.78. The molecule has 5 rings (SSSR count). The van der Waals surface area contributed by atoms with Crippen molar-refractivity contribution < 1.29 is 4.42 Å². The van der Waals surface area contributed by atoms with Crippen molar-refractivity contribution in [3.8, 4) is 22.0 Å². The molecule has 1 aliphatic rings. The molecule has 146 valence electrons. The zero-order valence-electron chi connectivity index (χ0n) is 15.5. The maximum Gasteiger partial charge on any atom is 0.256 e. The van der Waals surface area contributed by atoms with E-state index in [2.05, 4.69) is 27.0 Å². The molecule has 0 fully saturated rings. The van der Waals surface area contributed by atoms with Gasteiger partial charge >= 0.3 is 0 Å². The first-order valence-corrected chi connectivity index (χ1v) is 10.6. The smallest absolute Gasteiger partial charge is 0.256 e. The van der Waals surface area contributed by atoms with E-state index in [1.807, 2.05) is 24.3 Å². The summed E-state index contributed by atoms with van der Waals surface area (Å²) >= 11 is 7.76. The van der Waals surface area contributed by atoms with Crippen molar-refractivity contribution >= 4 is 22.9 Å². The summed E-state index contributed by atoms with van der Waals surface area (Å²) < 4.78 is 5.36. The highest BCUT2D eigenvalue weighted by Crippen LogP contribution is 2.30. The Morgan fingerprint density at radius 1 is 1.17 bits per heavy atom. The van der Waals surface area contributed by atoms with Gasteiger partial charge in [-0.25, -0.2) is 4.98 Å². The van der Waals surface area contributed by atoms with Gasteiger partial charge in [0.1, 0.15) is 0 Å². The first kappa shape index (κ1) is 18.4. The van der Waals surface area contributed by atoms with Gasteiger partial charge in [-0.05, 0) is 42.0 Å². The van der Waals surface area contributed by atoms with Crippen LogP contribution in [0.2, 0.25) is 5.02 Å². The van der Waals surface area contributed by atoms with Gasteiger partial charge in [0, 0.05) is 40.8 Å². The number of hydrogen-bond acceptors (Lipinski definition) is 5. The van der Waals surface area contributed by atoms with Crippen molar-refractivity contribution in [1.82, 2.24) is 14.9 Å². The van der Waals surface area contributed by atoms with Crippen LogP contribution >= 0.6 is 22.9 Å². The average Bonchev–Trinajstić information content (AvgIpc) is 3.41. The number of aromatic amines is 1. The molecule has 0 spiro atoms. The van der Waals surface area contributed by atoms with Crippen molar-refractivity contribution in [1.29, 1.82) is 0 Å². The molecule has 0 amide bonds. The lowest BCUT2D eigenvalue weighted by atomic mass is 10.1. The topological polar surface area (TPSA) is 62.1 Å². The number of benzene rings is 1. The Labute approximate surface area is 176 Å². The molecule has 3 aromatic heterocycles. The predicted molar refractivity (Wildman–Crippen MR) is 115 cm³/mol. The molecule has 0 saturated carbocycles. The number of thiophene rings is 1. The molecular weight excluding hydrogens is 406 g/mol. The quantitative estimate of drug-likeness (QED) is 0.503. The molecule has 0 bridgehead atoms. The number of H-pyrrole nitrogens is 1. The highest BCUT2D eigenvalue weighted by Gasteiger charge is 2.22. The first-order chi connectivity index (χ1) is 14.2. The highest BCUT2D eigenvalue weighted by atomic mass is 35.5. The maximum atomic E-state index is 12.6. The molecule has 1 aromatic carbocycles. The Morgan fingerprint density at radius 3 is 2.83 bits per heavy atom. The fraction of sp³-hybridized carbons (Fsp3) is 0.182. The van der Waals surface area contributed by atoms with E-state index in [0.29, 0.717) is 18.1 Å². The molecule has 0 atom stereocenters. The van der Waals surface area contributed by atoms with E-state index in [1.54, 1.807) is 29.7 Å². The van der Waals surface area contributed by atoms with Gasteiger partial charge in [0.15, 0.2) is 11.6 Å². The third kappa shape index (κ3) is 3.79. The third-order valence-corrected chi connectivity index (χ3v) is 6.44. The van der Waals surface area contributed by atoms with Crippen molar-refractivity contribution in [2.75, 3.05) is 6.54 Å². The SMILES string of the molecule is O=c1[nH]c(-c2ccco2)nc2c1CN(Cc1ccc(-c3ccc(Cl)cc3)s1)CC2. The molecule has 29 heavy (non-hydrogen) atoms. The Bertz CT molecular complexity index is 1200. The Hall–Kier alpha value is -2.67. The van der Waals surface area contributed by atoms with Crippen molar-refractivity contribution in [2.24, 2.45) is 0 Å². The summed E-state index contributed by atoms with van der Waals surface area (Å²) in [5.74, 6) is 1.08. The normalized spacial score (nSPS) is 14.1. The van der Waals surface area contributed by atoms with Crippen LogP contribution in [0.25, 0.3) is 22.0 Å². The molecule has 0 radical (unpaired) electrons. The van der Waals surface area contributed by atoms with E-state index in [4.69, 9.17) is 16.0 Å². The minimum atomic E-state index is -0.0841. The molecule has 4 heterocycles. The van der Waals surface area contributed by atoms with Crippen LogP contribution in [0.15, 0.2) is 64.0 Å². The number of nitrogens with one attached hydrogen (secondary N) is 1. The predicted octanol–water partition coefficient (Wildman–Crippen LogP) is 4.97.